The van der Waals surface area contributed by atoms with Gasteiger partial charge in [0.25, 0.3) is 0 Å². The molecule has 3 aromatic heterocycles. The number of aromatic nitrogens is 5. The summed E-state index contributed by atoms with van der Waals surface area (Å²) < 4.78 is 12.3. The topological polar surface area (TPSA) is 75.0 Å². The third-order valence-corrected chi connectivity index (χ3v) is 3.50. The molecule has 7 heteroatoms. The smallest absolute Gasteiger partial charge is 0.234 e. The fourth-order valence-electron chi connectivity index (χ4n) is 2.28. The van der Waals surface area contributed by atoms with Gasteiger partial charge in [0.15, 0.2) is 5.82 Å². The Balaban J connectivity index is 1.81. The van der Waals surface area contributed by atoms with Crippen molar-refractivity contribution in [3.8, 4) is 23.5 Å². The second-order valence-electron chi connectivity index (χ2n) is 5.54. The van der Waals surface area contributed by atoms with Gasteiger partial charge in [0.05, 0.1) is 19.0 Å². The van der Waals surface area contributed by atoms with Crippen LogP contribution in [0.2, 0.25) is 0 Å². The molecule has 0 bridgehead atoms. The van der Waals surface area contributed by atoms with E-state index in [1.807, 2.05) is 36.7 Å². The highest BCUT2D eigenvalue weighted by Gasteiger charge is 2.08. The van der Waals surface area contributed by atoms with Crippen molar-refractivity contribution < 1.29 is 9.47 Å². The maximum absolute atomic E-state index is 5.51. The van der Waals surface area contributed by atoms with Crippen LogP contribution in [0, 0.1) is 25.7 Å². The molecule has 0 aromatic carbocycles. The number of hydrogen-bond donors (Lipinski definition) is 0. The first-order valence-corrected chi connectivity index (χ1v) is 8.10. The van der Waals surface area contributed by atoms with E-state index in [0.717, 1.165) is 17.1 Å². The van der Waals surface area contributed by atoms with Crippen molar-refractivity contribution in [1.82, 2.24) is 24.5 Å². The summed E-state index contributed by atoms with van der Waals surface area (Å²) in [4.78, 5) is 17.3. The summed E-state index contributed by atoms with van der Waals surface area (Å²) in [5.74, 6) is 8.00. The Labute approximate surface area is 152 Å². The van der Waals surface area contributed by atoms with Gasteiger partial charge in [-0.2, -0.15) is 4.98 Å². The van der Waals surface area contributed by atoms with Crippen molar-refractivity contribution in [2.75, 3.05) is 20.3 Å². The summed E-state index contributed by atoms with van der Waals surface area (Å²) in [5, 5.41) is 0. The minimum atomic E-state index is 0.416. The lowest BCUT2D eigenvalue weighted by molar-refractivity contribution is 0.143. The largest absolute Gasteiger partial charge is 0.474 e. The zero-order valence-corrected chi connectivity index (χ0v) is 14.9. The van der Waals surface area contributed by atoms with Crippen LogP contribution in [0.25, 0.3) is 5.82 Å². The van der Waals surface area contributed by atoms with E-state index in [2.05, 4.69) is 31.8 Å². The molecule has 3 aromatic rings. The van der Waals surface area contributed by atoms with Crippen molar-refractivity contribution in [3.63, 3.8) is 0 Å². The first kappa shape index (κ1) is 17.6. The molecular formula is C19H19N5O2. The molecule has 132 valence electrons. The summed E-state index contributed by atoms with van der Waals surface area (Å²) in [6.45, 7) is 4.73. The molecule has 3 heterocycles. The van der Waals surface area contributed by atoms with Gasteiger partial charge in [-0.05, 0) is 31.9 Å². The Bertz CT molecular complexity index is 956. The Morgan fingerprint density at radius 2 is 2.00 bits per heavy atom. The summed E-state index contributed by atoms with van der Waals surface area (Å²) in [7, 11) is 1.62. The molecule has 26 heavy (non-hydrogen) atoms. The lowest BCUT2D eigenvalue weighted by Gasteiger charge is -2.07. The number of nitrogens with zero attached hydrogens (tertiary/aromatic N) is 5. The van der Waals surface area contributed by atoms with Crippen LogP contribution in [0.3, 0.4) is 0 Å². The summed E-state index contributed by atoms with van der Waals surface area (Å²) in [6, 6.07) is 3.80. The first-order valence-electron chi connectivity index (χ1n) is 8.10. The van der Waals surface area contributed by atoms with Crippen LogP contribution in [-0.2, 0) is 4.74 Å². The van der Waals surface area contributed by atoms with Gasteiger partial charge in [-0.25, -0.2) is 4.98 Å². The minimum absolute atomic E-state index is 0.416. The fourth-order valence-corrected chi connectivity index (χ4v) is 2.28. The highest BCUT2D eigenvalue weighted by molar-refractivity contribution is 5.41. The summed E-state index contributed by atoms with van der Waals surface area (Å²) >= 11 is 0. The number of imidazole rings is 1. The van der Waals surface area contributed by atoms with Gasteiger partial charge in [0.1, 0.15) is 18.1 Å². The van der Waals surface area contributed by atoms with Crippen LogP contribution in [0.1, 0.15) is 22.8 Å². The number of rotatable bonds is 5. The Morgan fingerprint density at radius 1 is 1.12 bits per heavy atom. The van der Waals surface area contributed by atoms with E-state index >= 15 is 0 Å². The standard InChI is InChI=1S/C19H19N5O2/c1-14-10-16(6-7-21-14)4-5-17-13-24(15(2)22-17)18-11-20-12-19(23-18)26-9-8-25-3/h6-7,10-13H,8-9H2,1-3H3. The van der Waals surface area contributed by atoms with Gasteiger partial charge >= 0.3 is 0 Å². The van der Waals surface area contributed by atoms with Gasteiger partial charge in [-0.1, -0.05) is 5.92 Å². The van der Waals surface area contributed by atoms with E-state index in [4.69, 9.17) is 9.47 Å². The third-order valence-electron chi connectivity index (χ3n) is 3.50. The number of aryl methyl sites for hydroxylation is 2. The molecule has 0 spiro atoms. The average Bonchev–Trinajstić information content (AvgIpc) is 3.01. The van der Waals surface area contributed by atoms with Crippen LogP contribution < -0.4 is 4.74 Å². The molecule has 0 radical (unpaired) electrons. The Morgan fingerprint density at radius 3 is 2.81 bits per heavy atom. The molecule has 0 atom stereocenters. The van der Waals surface area contributed by atoms with Crippen LogP contribution in [0.5, 0.6) is 5.88 Å². The van der Waals surface area contributed by atoms with Crippen LogP contribution in [0.15, 0.2) is 36.9 Å². The predicted molar refractivity (Wildman–Crippen MR) is 96.2 cm³/mol. The molecule has 0 saturated carbocycles. The van der Waals surface area contributed by atoms with E-state index in [0.29, 0.717) is 30.6 Å². The zero-order chi connectivity index (χ0) is 18.4. The fraction of sp³-hybridized carbons (Fsp3) is 0.263. The summed E-state index contributed by atoms with van der Waals surface area (Å²) in [6.07, 6.45) is 6.80. The maximum atomic E-state index is 5.51. The first-order chi connectivity index (χ1) is 12.7. The normalized spacial score (nSPS) is 10.3. The van der Waals surface area contributed by atoms with E-state index in [1.54, 1.807) is 25.7 Å². The third kappa shape index (κ3) is 4.43. The van der Waals surface area contributed by atoms with Gasteiger partial charge < -0.3 is 9.47 Å². The number of ether oxygens (including phenoxy) is 2. The molecule has 0 N–H and O–H groups in total. The van der Waals surface area contributed by atoms with Crippen LogP contribution in [0.4, 0.5) is 0 Å². The molecule has 0 amide bonds. The lowest BCUT2D eigenvalue weighted by atomic mass is 10.2. The number of pyridine rings is 1. The van der Waals surface area contributed by atoms with E-state index in [-0.39, 0.29) is 0 Å². The molecule has 7 nitrogen and oxygen atoms in total. The average molecular weight is 349 g/mol. The Hall–Kier alpha value is -3.24. The molecular weight excluding hydrogens is 330 g/mol. The van der Waals surface area contributed by atoms with Crippen molar-refractivity contribution in [3.05, 3.63) is 59.7 Å². The highest BCUT2D eigenvalue weighted by Crippen LogP contribution is 2.13. The highest BCUT2D eigenvalue weighted by atomic mass is 16.5. The number of methoxy groups -OCH3 is 1. The van der Waals surface area contributed by atoms with Crippen LogP contribution in [-0.4, -0.2) is 44.8 Å². The molecule has 0 aliphatic rings. The Kier molecular flexibility index (Phi) is 5.56. The second-order valence-corrected chi connectivity index (χ2v) is 5.54. The minimum Gasteiger partial charge on any atom is -0.474 e. The van der Waals surface area contributed by atoms with Gasteiger partial charge in [0, 0.05) is 30.8 Å². The zero-order valence-electron chi connectivity index (χ0n) is 14.9. The maximum Gasteiger partial charge on any atom is 0.234 e. The van der Waals surface area contributed by atoms with Gasteiger partial charge in [-0.15, -0.1) is 0 Å². The van der Waals surface area contributed by atoms with E-state index in [9.17, 15) is 0 Å². The molecule has 0 saturated heterocycles. The molecule has 3 rings (SSSR count). The second kappa shape index (κ2) is 8.23. The monoisotopic (exact) mass is 349 g/mol. The van der Waals surface area contributed by atoms with Gasteiger partial charge in [-0.3, -0.25) is 14.5 Å². The van der Waals surface area contributed by atoms with Crippen molar-refractivity contribution in [1.29, 1.82) is 0 Å². The van der Waals surface area contributed by atoms with E-state index in [1.165, 1.54) is 0 Å². The molecule has 0 aliphatic carbocycles. The molecule has 0 fully saturated rings. The predicted octanol–water partition coefficient (Wildman–Crippen LogP) is 2.10. The quantitative estimate of drug-likeness (QED) is 0.519. The van der Waals surface area contributed by atoms with Crippen molar-refractivity contribution in [2.24, 2.45) is 0 Å². The molecule has 0 unspecified atom stereocenters. The SMILES string of the molecule is COCCOc1cncc(-n2cc(C#Cc3ccnc(C)c3)nc2C)n1. The van der Waals surface area contributed by atoms with Crippen molar-refractivity contribution in [2.45, 2.75) is 13.8 Å². The summed E-state index contributed by atoms with van der Waals surface area (Å²) in [5.41, 5.74) is 2.49. The van der Waals surface area contributed by atoms with Crippen LogP contribution >= 0.6 is 0 Å². The lowest BCUT2D eigenvalue weighted by Crippen LogP contribution is -2.07. The molecule has 0 aliphatic heterocycles. The van der Waals surface area contributed by atoms with E-state index < -0.39 is 0 Å². The van der Waals surface area contributed by atoms with Crippen molar-refractivity contribution >= 4 is 0 Å². The van der Waals surface area contributed by atoms with Gasteiger partial charge in [0.2, 0.25) is 5.88 Å². The number of hydrogen-bond acceptors (Lipinski definition) is 6.